The van der Waals surface area contributed by atoms with Crippen molar-refractivity contribution in [2.24, 2.45) is 0 Å². The van der Waals surface area contributed by atoms with E-state index in [9.17, 15) is 4.79 Å². The second-order valence-corrected chi connectivity index (χ2v) is 4.41. The second kappa shape index (κ2) is 6.84. The summed E-state index contributed by atoms with van der Waals surface area (Å²) in [5, 5.41) is 3.80. The summed E-state index contributed by atoms with van der Waals surface area (Å²) in [5.41, 5.74) is 0.907. The fourth-order valence-electron chi connectivity index (χ4n) is 1.34. The fraction of sp³-hybridized carbons (Fsp3) is 0.417. The topological polar surface area (TPSA) is 38.3 Å². The lowest BCUT2D eigenvalue weighted by molar-refractivity contribution is -0.126. The first-order chi connectivity index (χ1) is 8.04. The normalized spacial score (nSPS) is 12.2. The van der Waals surface area contributed by atoms with E-state index in [1.54, 1.807) is 12.1 Å². The first-order valence-electron chi connectivity index (χ1n) is 5.36. The molecule has 0 fully saturated rings. The van der Waals surface area contributed by atoms with Gasteiger partial charge in [0.2, 0.25) is 5.91 Å². The summed E-state index contributed by atoms with van der Waals surface area (Å²) >= 11 is 11.7. The average molecular weight is 276 g/mol. The molecule has 0 saturated carbocycles. The van der Waals surface area contributed by atoms with Crippen molar-refractivity contribution in [1.29, 1.82) is 0 Å². The molecule has 0 heterocycles. The second-order valence-electron chi connectivity index (χ2n) is 3.60. The highest BCUT2D eigenvalue weighted by Crippen LogP contribution is 2.25. The minimum Gasteiger partial charge on any atom is -0.372 e. The van der Waals surface area contributed by atoms with Gasteiger partial charge in [-0.2, -0.15) is 0 Å². The van der Waals surface area contributed by atoms with Gasteiger partial charge in [-0.15, -0.1) is 0 Å². The van der Waals surface area contributed by atoms with Gasteiger partial charge in [0.15, 0.2) is 0 Å². The van der Waals surface area contributed by atoms with Crippen LogP contribution in [0.5, 0.6) is 0 Å². The van der Waals surface area contributed by atoms with Crippen molar-refractivity contribution in [3.8, 4) is 0 Å². The molecule has 1 unspecified atom stereocenters. The van der Waals surface area contributed by atoms with Gasteiger partial charge < -0.3 is 10.1 Å². The highest BCUT2D eigenvalue weighted by atomic mass is 35.5. The van der Waals surface area contributed by atoms with Gasteiger partial charge in [0.05, 0.1) is 16.1 Å². The van der Waals surface area contributed by atoms with E-state index in [0.717, 1.165) is 5.56 Å². The van der Waals surface area contributed by atoms with Crippen molar-refractivity contribution in [2.75, 3.05) is 13.2 Å². The van der Waals surface area contributed by atoms with Crippen LogP contribution in [0, 0.1) is 0 Å². The molecule has 0 aliphatic carbocycles. The number of ether oxygens (including phenoxy) is 1. The van der Waals surface area contributed by atoms with Crippen LogP contribution in [-0.2, 0) is 9.53 Å². The molecule has 1 amide bonds. The Labute approximate surface area is 111 Å². The molecule has 94 valence electrons. The average Bonchev–Trinajstić information content (AvgIpc) is 2.30. The molecule has 0 aliphatic rings. The third kappa shape index (κ3) is 4.54. The van der Waals surface area contributed by atoms with Gasteiger partial charge in [-0.25, -0.2) is 0 Å². The predicted molar refractivity (Wildman–Crippen MR) is 69.5 cm³/mol. The number of rotatable bonds is 5. The third-order valence-corrected chi connectivity index (χ3v) is 3.00. The number of hydrogen-bond donors (Lipinski definition) is 1. The predicted octanol–water partition coefficient (Wildman–Crippen LogP) is 3.21. The molecule has 0 aliphatic heterocycles. The molecule has 0 bridgehead atoms. The molecule has 1 aromatic rings. The van der Waals surface area contributed by atoms with Crippen LogP contribution < -0.4 is 5.32 Å². The van der Waals surface area contributed by atoms with Crippen LogP contribution in [-0.4, -0.2) is 19.1 Å². The number of halogens is 2. The van der Waals surface area contributed by atoms with Crippen LogP contribution in [0.4, 0.5) is 0 Å². The Bertz CT molecular complexity index is 396. The zero-order valence-electron chi connectivity index (χ0n) is 9.80. The number of nitrogens with one attached hydrogen (secondary N) is 1. The summed E-state index contributed by atoms with van der Waals surface area (Å²) in [5.74, 6) is -0.148. The van der Waals surface area contributed by atoms with E-state index in [4.69, 9.17) is 27.9 Å². The summed E-state index contributed by atoms with van der Waals surface area (Å²) in [6.07, 6.45) is 0. The smallest absolute Gasteiger partial charge is 0.246 e. The molecule has 0 aromatic heterocycles. The van der Waals surface area contributed by atoms with Gasteiger partial charge in [-0.05, 0) is 31.5 Å². The highest BCUT2D eigenvalue weighted by Gasteiger charge is 2.10. The summed E-state index contributed by atoms with van der Waals surface area (Å²) in [7, 11) is 0. The minimum atomic E-state index is -0.148. The largest absolute Gasteiger partial charge is 0.372 e. The van der Waals surface area contributed by atoms with Crippen LogP contribution in [0.1, 0.15) is 25.5 Å². The molecule has 0 spiro atoms. The van der Waals surface area contributed by atoms with Gasteiger partial charge in [-0.1, -0.05) is 29.3 Å². The monoisotopic (exact) mass is 275 g/mol. The maximum Gasteiger partial charge on any atom is 0.246 e. The third-order valence-electron chi connectivity index (χ3n) is 2.26. The number of benzene rings is 1. The van der Waals surface area contributed by atoms with Gasteiger partial charge in [0, 0.05) is 6.61 Å². The maximum absolute atomic E-state index is 11.4. The molecule has 0 radical (unpaired) electrons. The van der Waals surface area contributed by atoms with Crippen LogP contribution in [0.3, 0.4) is 0 Å². The van der Waals surface area contributed by atoms with E-state index in [0.29, 0.717) is 16.7 Å². The lowest BCUT2D eigenvalue weighted by Crippen LogP contribution is -2.30. The Morgan fingerprint density at radius 1 is 1.41 bits per heavy atom. The molecular formula is C12H15Cl2NO2. The molecule has 1 rings (SSSR count). The van der Waals surface area contributed by atoms with Crippen molar-refractivity contribution in [3.63, 3.8) is 0 Å². The van der Waals surface area contributed by atoms with E-state index < -0.39 is 0 Å². The van der Waals surface area contributed by atoms with Gasteiger partial charge in [0.25, 0.3) is 0 Å². The molecule has 0 saturated heterocycles. The Morgan fingerprint density at radius 3 is 2.71 bits per heavy atom. The molecule has 1 aromatic carbocycles. The van der Waals surface area contributed by atoms with Crippen molar-refractivity contribution in [2.45, 2.75) is 19.9 Å². The van der Waals surface area contributed by atoms with Crippen LogP contribution in [0.2, 0.25) is 10.0 Å². The minimum absolute atomic E-state index is 0.0716. The first-order valence-corrected chi connectivity index (χ1v) is 6.12. The van der Waals surface area contributed by atoms with E-state index >= 15 is 0 Å². The van der Waals surface area contributed by atoms with Crippen molar-refractivity contribution < 1.29 is 9.53 Å². The van der Waals surface area contributed by atoms with Crippen molar-refractivity contribution in [1.82, 2.24) is 5.32 Å². The van der Waals surface area contributed by atoms with E-state index in [2.05, 4.69) is 5.32 Å². The zero-order valence-corrected chi connectivity index (χ0v) is 11.3. The summed E-state index contributed by atoms with van der Waals surface area (Å²) in [4.78, 5) is 11.4. The highest BCUT2D eigenvalue weighted by molar-refractivity contribution is 6.42. The van der Waals surface area contributed by atoms with Crippen LogP contribution >= 0.6 is 23.2 Å². The quantitative estimate of drug-likeness (QED) is 0.896. The van der Waals surface area contributed by atoms with Gasteiger partial charge in [-0.3, -0.25) is 4.79 Å². The van der Waals surface area contributed by atoms with Crippen molar-refractivity contribution >= 4 is 29.1 Å². The standard InChI is InChI=1S/C12H15Cl2NO2/c1-3-17-7-12(16)15-8(2)9-4-5-10(13)11(14)6-9/h4-6,8H,3,7H2,1-2H3,(H,15,16). The molecule has 3 nitrogen and oxygen atoms in total. The maximum atomic E-state index is 11.4. The number of carbonyl (C=O) groups excluding carboxylic acids is 1. The first kappa shape index (κ1) is 14.3. The van der Waals surface area contributed by atoms with Gasteiger partial charge >= 0.3 is 0 Å². The molecule has 17 heavy (non-hydrogen) atoms. The van der Waals surface area contributed by atoms with Gasteiger partial charge in [0.1, 0.15) is 6.61 Å². The molecule has 5 heteroatoms. The lowest BCUT2D eigenvalue weighted by atomic mass is 10.1. The number of hydrogen-bond acceptors (Lipinski definition) is 2. The number of amides is 1. The SMILES string of the molecule is CCOCC(=O)NC(C)c1ccc(Cl)c(Cl)c1. The summed E-state index contributed by atoms with van der Waals surface area (Å²) < 4.78 is 5.02. The van der Waals surface area contributed by atoms with Crippen molar-refractivity contribution in [3.05, 3.63) is 33.8 Å². The number of carbonyl (C=O) groups is 1. The van der Waals surface area contributed by atoms with E-state index in [1.807, 2.05) is 19.9 Å². The molecule has 1 atom stereocenters. The van der Waals surface area contributed by atoms with Crippen LogP contribution in [0.25, 0.3) is 0 Å². The van der Waals surface area contributed by atoms with Crippen LogP contribution in [0.15, 0.2) is 18.2 Å². The Balaban J connectivity index is 2.60. The van der Waals surface area contributed by atoms with E-state index in [-0.39, 0.29) is 18.6 Å². The molecular weight excluding hydrogens is 261 g/mol. The van der Waals surface area contributed by atoms with E-state index in [1.165, 1.54) is 0 Å². The lowest BCUT2D eigenvalue weighted by Gasteiger charge is -2.14. The molecule has 1 N–H and O–H groups in total. The zero-order chi connectivity index (χ0) is 12.8. The Morgan fingerprint density at radius 2 is 2.12 bits per heavy atom. The Kier molecular flexibility index (Phi) is 5.75. The fourth-order valence-corrected chi connectivity index (χ4v) is 1.65. The summed E-state index contributed by atoms with van der Waals surface area (Å²) in [6, 6.07) is 5.16. The summed E-state index contributed by atoms with van der Waals surface area (Å²) in [6.45, 7) is 4.32. The Hall–Kier alpha value is -0.770.